The van der Waals surface area contributed by atoms with Gasteiger partial charge >= 0.3 is 0 Å². The van der Waals surface area contributed by atoms with Gasteiger partial charge in [-0.15, -0.1) is 0 Å². The summed E-state index contributed by atoms with van der Waals surface area (Å²) >= 11 is 6.49. The van der Waals surface area contributed by atoms with Gasteiger partial charge in [0.2, 0.25) is 26.6 Å². The maximum absolute atomic E-state index is 14.2. The Morgan fingerprint density at radius 3 is 2.00 bits per heavy atom. The molecule has 0 amide bonds. The molecule has 0 bridgehead atoms. The molecular formula is C34H30ClN3O5S. The highest BCUT2D eigenvalue weighted by molar-refractivity contribution is 7.91. The Kier molecular flexibility index (Phi) is 7.76. The van der Waals surface area contributed by atoms with Crippen molar-refractivity contribution in [3.8, 4) is 23.0 Å². The van der Waals surface area contributed by atoms with Crippen LogP contribution < -0.4 is 14.4 Å². The van der Waals surface area contributed by atoms with Gasteiger partial charge in [-0.2, -0.15) is 4.98 Å². The molecule has 0 saturated carbocycles. The van der Waals surface area contributed by atoms with Gasteiger partial charge in [0.15, 0.2) is 11.5 Å². The minimum absolute atomic E-state index is 0.0499. The molecule has 0 atom stereocenters. The number of piperazine rings is 1. The second-order valence-electron chi connectivity index (χ2n) is 10.7. The largest absolute Gasteiger partial charge is 0.486 e. The summed E-state index contributed by atoms with van der Waals surface area (Å²) in [6, 6.07) is 32.6. The Morgan fingerprint density at radius 2 is 1.34 bits per heavy atom. The molecule has 0 N–H and O–H groups in total. The first kappa shape index (κ1) is 28.5. The van der Waals surface area contributed by atoms with Crippen molar-refractivity contribution in [3.63, 3.8) is 0 Å². The fourth-order valence-corrected chi connectivity index (χ4v) is 7.35. The first-order valence-electron chi connectivity index (χ1n) is 14.5. The molecular weight excluding hydrogens is 598 g/mol. The Morgan fingerprint density at radius 1 is 0.727 bits per heavy atom. The number of anilines is 1. The van der Waals surface area contributed by atoms with Gasteiger partial charge in [-0.05, 0) is 35.4 Å². The molecule has 0 spiro atoms. The number of hydrogen-bond acceptors (Lipinski definition) is 8. The number of rotatable bonds is 7. The smallest absolute Gasteiger partial charge is 0.236 e. The summed E-state index contributed by atoms with van der Waals surface area (Å²) < 4.78 is 45.9. The quantitative estimate of drug-likeness (QED) is 0.202. The van der Waals surface area contributed by atoms with Crippen molar-refractivity contribution in [1.29, 1.82) is 0 Å². The first-order valence-corrected chi connectivity index (χ1v) is 16.3. The number of oxazole rings is 1. The molecule has 1 fully saturated rings. The Labute approximate surface area is 261 Å². The maximum Gasteiger partial charge on any atom is 0.236 e. The Hall–Kier alpha value is -4.31. The van der Waals surface area contributed by atoms with Crippen molar-refractivity contribution >= 4 is 27.3 Å². The summed E-state index contributed by atoms with van der Waals surface area (Å²) in [5.41, 5.74) is 2.93. The number of aromatic nitrogens is 1. The van der Waals surface area contributed by atoms with E-state index in [9.17, 15) is 8.42 Å². The Bertz CT molecular complexity index is 1830. The fourth-order valence-electron chi connectivity index (χ4n) is 5.79. The number of sulfone groups is 1. The molecule has 0 radical (unpaired) electrons. The number of nitrogens with zero attached hydrogens (tertiary/aromatic N) is 3. The van der Waals surface area contributed by atoms with Crippen molar-refractivity contribution in [1.82, 2.24) is 9.88 Å². The molecule has 1 aromatic heterocycles. The predicted molar refractivity (Wildman–Crippen MR) is 168 cm³/mol. The SMILES string of the molecule is O=S(=O)(c1ccc2c(c1)OCCO2)c1nc(-c2ccccc2Cl)oc1N1CCN(C(c2ccccc2)c2ccccc2)CC1. The normalized spacial score (nSPS) is 15.5. The lowest BCUT2D eigenvalue weighted by Gasteiger charge is -2.39. The second-order valence-corrected chi connectivity index (χ2v) is 12.9. The van der Waals surface area contributed by atoms with Gasteiger partial charge in [0.25, 0.3) is 0 Å². The molecule has 44 heavy (non-hydrogen) atoms. The topological polar surface area (TPSA) is 85.1 Å². The van der Waals surface area contributed by atoms with Crippen LogP contribution >= 0.6 is 11.6 Å². The molecule has 8 nitrogen and oxygen atoms in total. The summed E-state index contributed by atoms with van der Waals surface area (Å²) in [5, 5.41) is 0.266. The van der Waals surface area contributed by atoms with Crippen LogP contribution in [0.5, 0.6) is 11.5 Å². The molecule has 1 saturated heterocycles. The number of benzene rings is 4. The van der Waals surface area contributed by atoms with Crippen LogP contribution in [0.2, 0.25) is 5.02 Å². The molecule has 0 aliphatic carbocycles. The van der Waals surface area contributed by atoms with Gasteiger partial charge in [0.1, 0.15) is 13.2 Å². The number of ether oxygens (including phenoxy) is 2. The highest BCUT2D eigenvalue weighted by Crippen LogP contribution is 2.40. The molecule has 10 heteroatoms. The van der Waals surface area contributed by atoms with Crippen molar-refractivity contribution in [2.75, 3.05) is 44.3 Å². The molecule has 4 aromatic carbocycles. The molecule has 5 aromatic rings. The van der Waals surface area contributed by atoms with Crippen LogP contribution in [0.3, 0.4) is 0 Å². The lowest BCUT2D eigenvalue weighted by atomic mass is 9.96. The van der Waals surface area contributed by atoms with Gasteiger partial charge in [0.05, 0.1) is 21.5 Å². The van der Waals surface area contributed by atoms with E-state index in [0.717, 1.165) is 0 Å². The van der Waals surface area contributed by atoms with Crippen LogP contribution in [-0.2, 0) is 9.84 Å². The van der Waals surface area contributed by atoms with E-state index >= 15 is 0 Å². The van der Waals surface area contributed by atoms with Crippen molar-refractivity contribution in [2.24, 2.45) is 0 Å². The lowest BCUT2D eigenvalue weighted by molar-refractivity contribution is 0.171. The summed E-state index contributed by atoms with van der Waals surface area (Å²) in [4.78, 5) is 8.99. The van der Waals surface area contributed by atoms with Crippen LogP contribution in [0.25, 0.3) is 11.5 Å². The van der Waals surface area contributed by atoms with E-state index in [1.54, 1.807) is 24.3 Å². The summed E-state index contributed by atoms with van der Waals surface area (Å²) in [5.74, 6) is 1.24. The van der Waals surface area contributed by atoms with Crippen LogP contribution in [0.15, 0.2) is 117 Å². The van der Waals surface area contributed by atoms with E-state index in [1.807, 2.05) is 23.1 Å². The van der Waals surface area contributed by atoms with Crippen molar-refractivity contribution in [2.45, 2.75) is 16.0 Å². The average Bonchev–Trinajstić information content (AvgIpc) is 3.53. The van der Waals surface area contributed by atoms with Crippen LogP contribution in [0.1, 0.15) is 17.2 Å². The zero-order valence-electron chi connectivity index (χ0n) is 23.8. The van der Waals surface area contributed by atoms with Gasteiger partial charge in [-0.25, -0.2) is 8.42 Å². The molecule has 224 valence electrons. The zero-order chi connectivity index (χ0) is 30.1. The van der Waals surface area contributed by atoms with Crippen molar-refractivity contribution < 1.29 is 22.3 Å². The molecule has 3 heterocycles. The lowest BCUT2D eigenvalue weighted by Crippen LogP contribution is -2.48. The van der Waals surface area contributed by atoms with Crippen molar-refractivity contribution in [3.05, 3.63) is 119 Å². The van der Waals surface area contributed by atoms with Gasteiger partial charge in [-0.1, -0.05) is 84.4 Å². The molecule has 2 aliphatic heterocycles. The molecule has 2 aliphatic rings. The summed E-state index contributed by atoms with van der Waals surface area (Å²) in [6.45, 7) is 3.20. The van der Waals surface area contributed by atoms with Crippen LogP contribution in [0.4, 0.5) is 5.88 Å². The van der Waals surface area contributed by atoms with Crippen LogP contribution in [-0.4, -0.2) is 57.7 Å². The summed E-state index contributed by atoms with van der Waals surface area (Å²) in [6.07, 6.45) is 0. The second kappa shape index (κ2) is 12.0. The predicted octanol–water partition coefficient (Wildman–Crippen LogP) is 6.51. The first-order chi connectivity index (χ1) is 21.5. The van der Waals surface area contributed by atoms with E-state index < -0.39 is 9.84 Å². The van der Waals surface area contributed by atoms with Gasteiger partial charge < -0.3 is 18.8 Å². The van der Waals surface area contributed by atoms with Crippen LogP contribution in [0, 0.1) is 0 Å². The highest BCUT2D eigenvalue weighted by Gasteiger charge is 2.35. The van der Waals surface area contributed by atoms with E-state index in [1.165, 1.54) is 23.3 Å². The highest BCUT2D eigenvalue weighted by atomic mass is 35.5. The standard InChI is InChI=1S/C34H30ClN3O5S/c35-28-14-8-7-13-27(28)32-36-33(44(39,40)26-15-16-29-30(23-26)42-22-21-41-29)34(43-32)38-19-17-37(18-20-38)31(24-9-3-1-4-10-24)25-11-5-2-6-12-25/h1-16,23,31H,17-22H2. The zero-order valence-corrected chi connectivity index (χ0v) is 25.4. The molecule has 7 rings (SSSR count). The third-order valence-corrected chi connectivity index (χ3v) is 9.94. The third-order valence-electron chi connectivity index (χ3n) is 7.96. The minimum Gasteiger partial charge on any atom is -0.486 e. The molecule has 0 unspecified atom stereocenters. The monoisotopic (exact) mass is 627 g/mol. The number of halogens is 1. The van der Waals surface area contributed by atoms with E-state index in [2.05, 4.69) is 58.4 Å². The minimum atomic E-state index is -4.11. The average molecular weight is 628 g/mol. The Balaban J connectivity index is 1.24. The maximum atomic E-state index is 14.2. The number of hydrogen-bond donors (Lipinski definition) is 0. The number of fused-ring (bicyclic) bond motifs is 1. The fraction of sp³-hybridized carbons (Fsp3) is 0.206. The summed E-state index contributed by atoms with van der Waals surface area (Å²) in [7, 11) is -4.11. The van der Waals surface area contributed by atoms with E-state index in [4.69, 9.17) is 25.5 Å². The van der Waals surface area contributed by atoms with Gasteiger partial charge in [-0.3, -0.25) is 4.90 Å². The van der Waals surface area contributed by atoms with E-state index in [0.29, 0.717) is 61.5 Å². The van der Waals surface area contributed by atoms with E-state index in [-0.39, 0.29) is 27.7 Å². The van der Waals surface area contributed by atoms with Gasteiger partial charge in [0, 0.05) is 32.2 Å². The third kappa shape index (κ3) is 5.43.